The number of ether oxygens (including phenoxy) is 1. The van der Waals surface area contributed by atoms with Gasteiger partial charge in [-0.1, -0.05) is 19.1 Å². The zero-order chi connectivity index (χ0) is 15.9. The van der Waals surface area contributed by atoms with Crippen LogP contribution in [0.25, 0.3) is 0 Å². The maximum Gasteiger partial charge on any atom is 0.307 e. The largest absolute Gasteiger partial charge is 0.494 e. The number of benzene rings is 1. The van der Waals surface area contributed by atoms with E-state index < -0.39 is 12.1 Å². The SMILES string of the molecule is CCCOc1ccc(C(O)CN2CCCC(C(=O)O)C2)cc1. The van der Waals surface area contributed by atoms with Gasteiger partial charge in [0, 0.05) is 13.1 Å². The molecule has 0 saturated carbocycles. The number of aliphatic hydroxyl groups is 1. The zero-order valence-electron chi connectivity index (χ0n) is 13.1. The van der Waals surface area contributed by atoms with Crippen LogP contribution in [0.2, 0.25) is 0 Å². The van der Waals surface area contributed by atoms with E-state index in [0.717, 1.165) is 37.1 Å². The molecular weight excluding hydrogens is 282 g/mol. The highest BCUT2D eigenvalue weighted by Gasteiger charge is 2.26. The molecule has 5 heteroatoms. The fourth-order valence-corrected chi connectivity index (χ4v) is 2.78. The van der Waals surface area contributed by atoms with E-state index in [1.54, 1.807) is 0 Å². The van der Waals surface area contributed by atoms with E-state index in [0.29, 0.717) is 19.7 Å². The number of carboxylic acids is 1. The van der Waals surface area contributed by atoms with E-state index >= 15 is 0 Å². The molecule has 0 spiro atoms. The third kappa shape index (κ3) is 4.71. The van der Waals surface area contributed by atoms with Crippen molar-refractivity contribution in [1.82, 2.24) is 4.90 Å². The molecule has 0 aromatic heterocycles. The van der Waals surface area contributed by atoms with Crippen LogP contribution in [0.4, 0.5) is 0 Å². The van der Waals surface area contributed by atoms with Gasteiger partial charge in [-0.2, -0.15) is 0 Å². The fourth-order valence-electron chi connectivity index (χ4n) is 2.78. The summed E-state index contributed by atoms with van der Waals surface area (Å²) in [5, 5.41) is 19.4. The molecule has 1 aromatic rings. The molecule has 122 valence electrons. The van der Waals surface area contributed by atoms with Gasteiger partial charge in [-0.3, -0.25) is 9.69 Å². The number of piperidine rings is 1. The van der Waals surface area contributed by atoms with Gasteiger partial charge >= 0.3 is 5.97 Å². The third-order valence-electron chi connectivity index (χ3n) is 4.02. The normalized spacial score (nSPS) is 20.5. The van der Waals surface area contributed by atoms with Gasteiger partial charge in [0.1, 0.15) is 5.75 Å². The van der Waals surface area contributed by atoms with E-state index in [4.69, 9.17) is 9.84 Å². The Morgan fingerprint density at radius 1 is 1.41 bits per heavy atom. The minimum atomic E-state index is -0.739. The van der Waals surface area contributed by atoms with E-state index in [9.17, 15) is 9.90 Å². The fraction of sp³-hybridized carbons (Fsp3) is 0.588. The Balaban J connectivity index is 1.88. The van der Waals surface area contributed by atoms with E-state index in [-0.39, 0.29) is 5.92 Å². The first-order valence-electron chi connectivity index (χ1n) is 7.96. The Morgan fingerprint density at radius 3 is 2.77 bits per heavy atom. The van der Waals surface area contributed by atoms with Crippen molar-refractivity contribution < 1.29 is 19.7 Å². The molecule has 1 aromatic carbocycles. The van der Waals surface area contributed by atoms with Crippen molar-refractivity contribution >= 4 is 5.97 Å². The summed E-state index contributed by atoms with van der Waals surface area (Å²) in [5.41, 5.74) is 0.835. The molecule has 0 radical (unpaired) electrons. The first-order valence-corrected chi connectivity index (χ1v) is 7.96. The van der Waals surface area contributed by atoms with Gasteiger partial charge in [0.05, 0.1) is 18.6 Å². The van der Waals surface area contributed by atoms with Crippen molar-refractivity contribution in [2.75, 3.05) is 26.2 Å². The predicted molar refractivity (Wildman–Crippen MR) is 84.0 cm³/mol. The van der Waals surface area contributed by atoms with Gasteiger partial charge in [0.2, 0.25) is 0 Å². The molecule has 2 unspecified atom stereocenters. The Hall–Kier alpha value is -1.59. The molecule has 22 heavy (non-hydrogen) atoms. The topological polar surface area (TPSA) is 70.0 Å². The molecule has 2 N–H and O–H groups in total. The van der Waals surface area contributed by atoms with Crippen molar-refractivity contribution in [3.63, 3.8) is 0 Å². The monoisotopic (exact) mass is 307 g/mol. The van der Waals surface area contributed by atoms with Crippen LogP contribution in [-0.4, -0.2) is 47.3 Å². The van der Waals surface area contributed by atoms with Crippen LogP contribution in [0.5, 0.6) is 5.75 Å². The summed E-state index contributed by atoms with van der Waals surface area (Å²) >= 11 is 0. The number of likely N-dealkylation sites (tertiary alicyclic amines) is 1. The first kappa shape index (κ1) is 16.8. The summed E-state index contributed by atoms with van der Waals surface area (Å²) in [4.78, 5) is 13.1. The van der Waals surface area contributed by atoms with Crippen LogP contribution < -0.4 is 4.74 Å². The number of hydrogen-bond donors (Lipinski definition) is 2. The number of carbonyl (C=O) groups is 1. The van der Waals surface area contributed by atoms with Gasteiger partial charge in [-0.25, -0.2) is 0 Å². The van der Waals surface area contributed by atoms with Gasteiger partial charge in [-0.15, -0.1) is 0 Å². The number of carboxylic acid groups (broad SMARTS) is 1. The molecule has 1 aliphatic rings. The molecule has 2 atom stereocenters. The highest BCUT2D eigenvalue weighted by Crippen LogP contribution is 2.22. The molecule has 1 heterocycles. The standard InChI is InChI=1S/C17H25NO4/c1-2-10-22-15-7-5-13(6-8-15)16(19)12-18-9-3-4-14(11-18)17(20)21/h5-8,14,16,19H,2-4,9-12H2,1H3,(H,20,21). The lowest BCUT2D eigenvalue weighted by Crippen LogP contribution is -2.40. The summed E-state index contributed by atoms with van der Waals surface area (Å²) in [6, 6.07) is 7.47. The van der Waals surface area contributed by atoms with Crippen LogP contribution in [0.1, 0.15) is 37.9 Å². The molecule has 0 amide bonds. The van der Waals surface area contributed by atoms with Gasteiger partial charge in [0.25, 0.3) is 0 Å². The minimum absolute atomic E-state index is 0.314. The lowest BCUT2D eigenvalue weighted by Gasteiger charge is -2.32. The summed E-state index contributed by atoms with van der Waals surface area (Å²) in [5.74, 6) is -0.246. The Bertz CT molecular complexity index is 474. The lowest BCUT2D eigenvalue weighted by atomic mass is 9.97. The third-order valence-corrected chi connectivity index (χ3v) is 4.02. The number of nitrogens with zero attached hydrogens (tertiary/aromatic N) is 1. The van der Waals surface area contributed by atoms with Crippen molar-refractivity contribution in [1.29, 1.82) is 0 Å². The van der Waals surface area contributed by atoms with E-state index in [1.807, 2.05) is 29.2 Å². The molecule has 1 saturated heterocycles. The number of aliphatic hydroxyl groups excluding tert-OH is 1. The van der Waals surface area contributed by atoms with Crippen LogP contribution >= 0.6 is 0 Å². The van der Waals surface area contributed by atoms with Crippen molar-refractivity contribution in [2.24, 2.45) is 5.92 Å². The first-order chi connectivity index (χ1) is 10.6. The molecule has 5 nitrogen and oxygen atoms in total. The van der Waals surface area contributed by atoms with Crippen LogP contribution in [0, 0.1) is 5.92 Å². The second-order valence-corrected chi connectivity index (χ2v) is 5.87. The summed E-state index contributed by atoms with van der Waals surface area (Å²) in [6.45, 7) is 4.58. The van der Waals surface area contributed by atoms with Crippen LogP contribution in [0.15, 0.2) is 24.3 Å². The molecule has 1 fully saturated rings. The summed E-state index contributed by atoms with van der Waals surface area (Å²) < 4.78 is 5.52. The number of β-amino-alcohol motifs (C(OH)–C–C–N with tert-alkyl or cyclic N) is 1. The van der Waals surface area contributed by atoms with Crippen molar-refractivity contribution in [2.45, 2.75) is 32.3 Å². The average molecular weight is 307 g/mol. The van der Waals surface area contributed by atoms with Crippen molar-refractivity contribution in [3.8, 4) is 5.75 Å². The average Bonchev–Trinajstić information content (AvgIpc) is 2.53. The maximum absolute atomic E-state index is 11.1. The van der Waals surface area contributed by atoms with E-state index in [2.05, 4.69) is 6.92 Å². The molecule has 0 bridgehead atoms. The Morgan fingerprint density at radius 2 is 2.14 bits per heavy atom. The summed E-state index contributed by atoms with van der Waals surface area (Å²) in [7, 11) is 0. The van der Waals surface area contributed by atoms with Crippen LogP contribution in [0.3, 0.4) is 0 Å². The second kappa shape index (κ2) is 8.15. The highest BCUT2D eigenvalue weighted by molar-refractivity contribution is 5.70. The van der Waals surface area contributed by atoms with Gasteiger partial charge in [-0.05, 0) is 43.5 Å². The van der Waals surface area contributed by atoms with Gasteiger partial charge < -0.3 is 14.9 Å². The quantitative estimate of drug-likeness (QED) is 0.809. The zero-order valence-corrected chi connectivity index (χ0v) is 13.1. The maximum atomic E-state index is 11.1. The van der Waals surface area contributed by atoms with E-state index in [1.165, 1.54) is 0 Å². The molecule has 2 rings (SSSR count). The number of aliphatic carboxylic acids is 1. The molecule has 1 aliphatic heterocycles. The Kier molecular flexibility index (Phi) is 6.21. The van der Waals surface area contributed by atoms with Crippen molar-refractivity contribution in [3.05, 3.63) is 29.8 Å². The molecular formula is C17H25NO4. The van der Waals surface area contributed by atoms with Crippen LogP contribution in [-0.2, 0) is 4.79 Å². The summed E-state index contributed by atoms with van der Waals surface area (Å²) in [6.07, 6.45) is 1.95. The molecule has 0 aliphatic carbocycles. The smallest absolute Gasteiger partial charge is 0.307 e. The highest BCUT2D eigenvalue weighted by atomic mass is 16.5. The lowest BCUT2D eigenvalue weighted by molar-refractivity contribution is -0.143. The number of hydrogen-bond acceptors (Lipinski definition) is 4. The second-order valence-electron chi connectivity index (χ2n) is 5.87. The van der Waals surface area contributed by atoms with Gasteiger partial charge in [0.15, 0.2) is 0 Å². The Labute approximate surface area is 131 Å². The number of rotatable bonds is 7. The predicted octanol–water partition coefficient (Wildman–Crippen LogP) is 2.31. The minimum Gasteiger partial charge on any atom is -0.494 e.